The van der Waals surface area contributed by atoms with Gasteiger partial charge in [-0.25, -0.2) is 4.98 Å². The van der Waals surface area contributed by atoms with E-state index in [-0.39, 0.29) is 6.04 Å². The van der Waals surface area contributed by atoms with Crippen LogP contribution in [-0.4, -0.2) is 23.3 Å². The van der Waals surface area contributed by atoms with Crippen LogP contribution >= 0.6 is 15.9 Å². The van der Waals surface area contributed by atoms with E-state index in [1.54, 1.807) is 7.11 Å². The molecule has 2 aromatic rings. The minimum Gasteiger partial charge on any atom is -0.383 e. The van der Waals surface area contributed by atoms with Crippen LogP contribution in [-0.2, 0) is 4.74 Å². The fourth-order valence-electron chi connectivity index (χ4n) is 2.13. The molecule has 0 aliphatic heterocycles. The first-order chi connectivity index (χ1) is 9.52. The van der Waals surface area contributed by atoms with Crippen molar-refractivity contribution in [3.63, 3.8) is 0 Å². The van der Waals surface area contributed by atoms with E-state index in [0.29, 0.717) is 6.61 Å². The fourth-order valence-corrected chi connectivity index (χ4v) is 2.49. The molecule has 0 saturated carbocycles. The Kier molecular flexibility index (Phi) is 4.83. The number of imidazole rings is 1. The summed E-state index contributed by atoms with van der Waals surface area (Å²) in [7, 11) is 1.71. The second-order valence-electron chi connectivity index (χ2n) is 4.98. The largest absolute Gasteiger partial charge is 0.383 e. The Labute approximate surface area is 128 Å². The van der Waals surface area contributed by atoms with Crippen molar-refractivity contribution in [1.82, 2.24) is 9.55 Å². The van der Waals surface area contributed by atoms with Crippen molar-refractivity contribution < 1.29 is 4.74 Å². The predicted octanol–water partition coefficient (Wildman–Crippen LogP) is 4.21. The lowest BCUT2D eigenvalue weighted by Gasteiger charge is -2.17. The molecule has 0 aliphatic rings. The SMILES string of the molecule is COCC(C)n1cc(C)nc1Nc1cccc(C)c1Br. The summed E-state index contributed by atoms with van der Waals surface area (Å²) in [5.74, 6) is 0.832. The molecule has 108 valence electrons. The van der Waals surface area contributed by atoms with Gasteiger partial charge < -0.3 is 14.6 Å². The van der Waals surface area contributed by atoms with Crippen molar-refractivity contribution in [3.05, 3.63) is 40.1 Å². The number of ether oxygens (including phenoxy) is 1. The number of rotatable bonds is 5. The highest BCUT2D eigenvalue weighted by Crippen LogP contribution is 2.29. The minimum atomic E-state index is 0.229. The summed E-state index contributed by atoms with van der Waals surface area (Å²) < 4.78 is 8.40. The molecule has 1 N–H and O–H groups in total. The van der Waals surface area contributed by atoms with E-state index >= 15 is 0 Å². The molecule has 0 fully saturated rings. The molecule has 5 heteroatoms. The number of anilines is 2. The Bertz CT molecular complexity index is 595. The lowest BCUT2D eigenvalue weighted by molar-refractivity contribution is 0.163. The smallest absolute Gasteiger partial charge is 0.207 e. The first-order valence-electron chi connectivity index (χ1n) is 6.59. The van der Waals surface area contributed by atoms with Crippen LogP contribution in [0.4, 0.5) is 11.6 Å². The van der Waals surface area contributed by atoms with Crippen LogP contribution < -0.4 is 5.32 Å². The maximum Gasteiger partial charge on any atom is 0.207 e. The second-order valence-corrected chi connectivity index (χ2v) is 5.77. The Morgan fingerprint density at radius 2 is 2.15 bits per heavy atom. The summed E-state index contributed by atoms with van der Waals surface area (Å²) in [6.45, 7) is 6.83. The number of hydrogen-bond donors (Lipinski definition) is 1. The summed E-state index contributed by atoms with van der Waals surface area (Å²) in [6, 6.07) is 6.36. The average Bonchev–Trinajstić information content (AvgIpc) is 2.76. The van der Waals surface area contributed by atoms with Gasteiger partial charge in [-0.15, -0.1) is 0 Å². The molecule has 1 aromatic carbocycles. The monoisotopic (exact) mass is 337 g/mol. The first-order valence-corrected chi connectivity index (χ1v) is 7.38. The maximum atomic E-state index is 5.23. The third kappa shape index (κ3) is 3.22. The van der Waals surface area contributed by atoms with Crippen LogP contribution in [0.2, 0.25) is 0 Å². The number of methoxy groups -OCH3 is 1. The van der Waals surface area contributed by atoms with Crippen molar-refractivity contribution in [2.75, 3.05) is 19.0 Å². The zero-order valence-electron chi connectivity index (χ0n) is 12.3. The molecule has 1 aromatic heterocycles. The highest BCUT2D eigenvalue weighted by Gasteiger charge is 2.13. The van der Waals surface area contributed by atoms with E-state index in [0.717, 1.165) is 21.8 Å². The quantitative estimate of drug-likeness (QED) is 0.887. The number of halogens is 1. The summed E-state index contributed by atoms with van der Waals surface area (Å²) in [5.41, 5.74) is 3.19. The first kappa shape index (κ1) is 15.1. The molecule has 1 unspecified atom stereocenters. The lowest BCUT2D eigenvalue weighted by atomic mass is 10.2. The Morgan fingerprint density at radius 3 is 2.85 bits per heavy atom. The molecule has 0 bridgehead atoms. The fraction of sp³-hybridized carbons (Fsp3) is 0.400. The van der Waals surface area contributed by atoms with E-state index in [1.165, 1.54) is 5.56 Å². The molecular weight excluding hydrogens is 318 g/mol. The highest BCUT2D eigenvalue weighted by atomic mass is 79.9. The molecule has 0 amide bonds. The number of nitrogens with one attached hydrogen (secondary N) is 1. The van der Waals surface area contributed by atoms with Crippen molar-refractivity contribution in [1.29, 1.82) is 0 Å². The van der Waals surface area contributed by atoms with Crippen LogP contribution in [0.5, 0.6) is 0 Å². The lowest BCUT2D eigenvalue weighted by Crippen LogP contribution is -2.13. The second kappa shape index (κ2) is 6.41. The number of aryl methyl sites for hydroxylation is 2. The summed E-state index contributed by atoms with van der Waals surface area (Å²) in [6.07, 6.45) is 2.04. The normalized spacial score (nSPS) is 12.4. The van der Waals surface area contributed by atoms with Crippen LogP contribution in [0.3, 0.4) is 0 Å². The topological polar surface area (TPSA) is 39.1 Å². The van der Waals surface area contributed by atoms with Crippen LogP contribution in [0.25, 0.3) is 0 Å². The third-order valence-corrected chi connectivity index (χ3v) is 4.23. The molecule has 0 aliphatic carbocycles. The van der Waals surface area contributed by atoms with E-state index in [9.17, 15) is 0 Å². The number of hydrogen-bond acceptors (Lipinski definition) is 3. The number of nitrogens with zero attached hydrogens (tertiary/aromatic N) is 2. The van der Waals surface area contributed by atoms with Gasteiger partial charge in [0.15, 0.2) is 0 Å². The van der Waals surface area contributed by atoms with Gasteiger partial charge in [0.25, 0.3) is 0 Å². The maximum absolute atomic E-state index is 5.23. The van der Waals surface area contributed by atoms with Gasteiger partial charge >= 0.3 is 0 Å². The molecule has 0 saturated heterocycles. The van der Waals surface area contributed by atoms with E-state index < -0.39 is 0 Å². The van der Waals surface area contributed by atoms with Gasteiger partial charge in [0.05, 0.1) is 24.0 Å². The van der Waals surface area contributed by atoms with Crippen molar-refractivity contribution in [2.45, 2.75) is 26.8 Å². The Balaban J connectivity index is 2.31. The highest BCUT2D eigenvalue weighted by molar-refractivity contribution is 9.10. The summed E-state index contributed by atoms with van der Waals surface area (Å²) in [5, 5.41) is 3.39. The van der Waals surface area contributed by atoms with Gasteiger partial charge in [-0.3, -0.25) is 0 Å². The van der Waals surface area contributed by atoms with Gasteiger partial charge in [-0.05, 0) is 48.3 Å². The predicted molar refractivity (Wildman–Crippen MR) is 85.7 cm³/mol. The molecule has 0 radical (unpaired) electrons. The molecular formula is C15H20BrN3O. The molecule has 2 rings (SSSR count). The summed E-state index contributed by atoms with van der Waals surface area (Å²) >= 11 is 3.61. The van der Waals surface area contributed by atoms with Gasteiger partial charge in [0.2, 0.25) is 5.95 Å². The van der Waals surface area contributed by atoms with Gasteiger partial charge in [0, 0.05) is 17.8 Å². The van der Waals surface area contributed by atoms with Crippen LogP contribution in [0.15, 0.2) is 28.9 Å². The van der Waals surface area contributed by atoms with Gasteiger partial charge in [0.1, 0.15) is 0 Å². The molecule has 1 atom stereocenters. The van der Waals surface area contributed by atoms with Gasteiger partial charge in [-0.1, -0.05) is 12.1 Å². The zero-order valence-corrected chi connectivity index (χ0v) is 13.9. The molecule has 1 heterocycles. The van der Waals surface area contributed by atoms with E-state index in [1.807, 2.05) is 25.3 Å². The van der Waals surface area contributed by atoms with Crippen LogP contribution in [0.1, 0.15) is 24.2 Å². The number of benzene rings is 1. The Hall–Kier alpha value is -1.33. The minimum absolute atomic E-state index is 0.229. The van der Waals surface area contributed by atoms with E-state index in [2.05, 4.69) is 50.7 Å². The van der Waals surface area contributed by atoms with Gasteiger partial charge in [-0.2, -0.15) is 0 Å². The van der Waals surface area contributed by atoms with Crippen LogP contribution in [0, 0.1) is 13.8 Å². The Morgan fingerprint density at radius 1 is 1.40 bits per heavy atom. The summed E-state index contributed by atoms with van der Waals surface area (Å²) in [4.78, 5) is 4.56. The van der Waals surface area contributed by atoms with Crippen molar-refractivity contribution >= 4 is 27.6 Å². The molecule has 20 heavy (non-hydrogen) atoms. The zero-order chi connectivity index (χ0) is 14.7. The van der Waals surface area contributed by atoms with Crippen molar-refractivity contribution in [2.24, 2.45) is 0 Å². The third-order valence-electron chi connectivity index (χ3n) is 3.17. The van der Waals surface area contributed by atoms with Crippen molar-refractivity contribution in [3.8, 4) is 0 Å². The van der Waals surface area contributed by atoms with E-state index in [4.69, 9.17) is 4.74 Å². The average molecular weight is 338 g/mol. The molecule has 4 nitrogen and oxygen atoms in total. The molecule has 0 spiro atoms. The standard InChI is InChI=1S/C15H20BrN3O/c1-10-6-5-7-13(14(10)16)18-15-17-11(2)8-19(15)12(3)9-20-4/h5-8,12H,9H2,1-4H3,(H,17,18). The number of aromatic nitrogens is 2.